The third-order valence-electron chi connectivity index (χ3n) is 3.91. The number of halogens is 1. The quantitative estimate of drug-likeness (QED) is 0.736. The van der Waals surface area contributed by atoms with Crippen molar-refractivity contribution in [3.05, 3.63) is 65.7 Å². The highest BCUT2D eigenvalue weighted by molar-refractivity contribution is 7.99. The Balaban J connectivity index is 1.71. The van der Waals surface area contributed by atoms with E-state index in [4.69, 9.17) is 16.3 Å². The highest BCUT2D eigenvalue weighted by Crippen LogP contribution is 2.39. The number of hydrogen-bond acceptors (Lipinski definition) is 3. The van der Waals surface area contributed by atoms with Crippen LogP contribution in [0.3, 0.4) is 0 Å². The monoisotopic (exact) mass is 361 g/mol. The molecule has 2 aromatic carbocycles. The molecule has 2 aromatic rings. The van der Waals surface area contributed by atoms with Crippen LogP contribution in [0.15, 0.2) is 54.6 Å². The number of hydrogen-bond donors (Lipinski definition) is 0. The molecule has 3 nitrogen and oxygen atoms in total. The number of rotatable bonds is 5. The topological polar surface area (TPSA) is 29.5 Å². The van der Waals surface area contributed by atoms with Gasteiger partial charge in [0.2, 0.25) is 5.91 Å². The highest BCUT2D eigenvalue weighted by Gasteiger charge is 2.32. The second kappa shape index (κ2) is 7.95. The average molecular weight is 362 g/mol. The van der Waals surface area contributed by atoms with E-state index in [0.717, 1.165) is 29.2 Å². The Bertz CT molecular complexity index is 693. The van der Waals surface area contributed by atoms with Crippen LogP contribution in [0, 0.1) is 0 Å². The van der Waals surface area contributed by atoms with Gasteiger partial charge in [0.25, 0.3) is 0 Å². The molecule has 0 aliphatic carbocycles. The smallest absolute Gasteiger partial charge is 0.241 e. The summed E-state index contributed by atoms with van der Waals surface area (Å²) in [5, 5.41) is -0.484. The Morgan fingerprint density at radius 1 is 1.29 bits per heavy atom. The molecule has 0 aromatic heterocycles. The molecule has 1 amide bonds. The number of carbonyl (C=O) groups is 1. The first-order valence-corrected chi connectivity index (χ1v) is 9.46. The molecule has 0 bridgehead atoms. The summed E-state index contributed by atoms with van der Waals surface area (Å²) in [5.41, 5.74) is 2.21. The Kier molecular flexibility index (Phi) is 5.69. The van der Waals surface area contributed by atoms with E-state index < -0.39 is 5.38 Å². The van der Waals surface area contributed by atoms with Crippen LogP contribution in [0.5, 0.6) is 5.75 Å². The van der Waals surface area contributed by atoms with Crippen LogP contribution in [-0.2, 0) is 11.4 Å². The van der Waals surface area contributed by atoms with Gasteiger partial charge in [-0.15, -0.1) is 23.4 Å². The number of ether oxygens (including phenoxy) is 1. The van der Waals surface area contributed by atoms with Crippen LogP contribution in [0.2, 0.25) is 0 Å². The lowest BCUT2D eigenvalue weighted by Crippen LogP contribution is -2.35. The number of thioether (sulfide) groups is 1. The minimum atomic E-state index is -0.497. The second-order valence-electron chi connectivity index (χ2n) is 5.72. The molecule has 0 spiro atoms. The summed E-state index contributed by atoms with van der Waals surface area (Å²) >= 11 is 7.75. The molecule has 1 fully saturated rings. The zero-order valence-electron chi connectivity index (χ0n) is 13.5. The normalized spacial score (nSPS) is 18.4. The summed E-state index contributed by atoms with van der Waals surface area (Å²) in [6.07, 6.45) is 0. The molecule has 2 atom stereocenters. The van der Waals surface area contributed by atoms with E-state index in [-0.39, 0.29) is 11.3 Å². The van der Waals surface area contributed by atoms with E-state index in [0.29, 0.717) is 6.61 Å². The van der Waals surface area contributed by atoms with Crippen molar-refractivity contribution in [2.75, 3.05) is 12.3 Å². The maximum absolute atomic E-state index is 12.3. The van der Waals surface area contributed by atoms with E-state index >= 15 is 0 Å². The van der Waals surface area contributed by atoms with Gasteiger partial charge in [0.05, 0.1) is 0 Å². The molecule has 0 unspecified atom stereocenters. The van der Waals surface area contributed by atoms with E-state index in [1.165, 1.54) is 0 Å². The molecule has 1 saturated heterocycles. The molecule has 1 aliphatic heterocycles. The SMILES string of the molecule is C[C@H](Cl)C(=O)N1CCS[C@H]1c1cccc(OCc2ccccc2)c1. The van der Waals surface area contributed by atoms with E-state index in [1.54, 1.807) is 18.7 Å². The molecule has 24 heavy (non-hydrogen) atoms. The Hall–Kier alpha value is -1.65. The van der Waals surface area contributed by atoms with Crippen molar-refractivity contribution in [3.63, 3.8) is 0 Å². The average Bonchev–Trinajstić information content (AvgIpc) is 3.10. The fourth-order valence-electron chi connectivity index (χ4n) is 2.70. The van der Waals surface area contributed by atoms with E-state index in [1.807, 2.05) is 59.5 Å². The standard InChI is InChI=1S/C19H20ClNO2S/c1-14(20)18(22)21-10-11-24-19(21)16-8-5-9-17(12-16)23-13-15-6-3-2-4-7-15/h2-9,12,14,19H,10-11,13H2,1H3/t14-,19-/m0/s1. The lowest BCUT2D eigenvalue weighted by molar-refractivity contribution is -0.130. The number of benzene rings is 2. The Morgan fingerprint density at radius 3 is 2.83 bits per heavy atom. The lowest BCUT2D eigenvalue weighted by Gasteiger charge is -2.25. The summed E-state index contributed by atoms with van der Waals surface area (Å²) in [4.78, 5) is 14.1. The van der Waals surface area contributed by atoms with Gasteiger partial charge in [0.15, 0.2) is 0 Å². The van der Waals surface area contributed by atoms with Gasteiger partial charge in [-0.05, 0) is 30.2 Å². The zero-order valence-corrected chi connectivity index (χ0v) is 15.1. The fraction of sp³-hybridized carbons (Fsp3) is 0.316. The van der Waals surface area contributed by atoms with Gasteiger partial charge in [-0.2, -0.15) is 0 Å². The van der Waals surface area contributed by atoms with Gasteiger partial charge in [-0.1, -0.05) is 42.5 Å². The molecule has 0 saturated carbocycles. The molecular formula is C19H20ClNO2S. The predicted octanol–water partition coefficient (Wildman–Crippen LogP) is 4.47. The zero-order chi connectivity index (χ0) is 16.9. The van der Waals surface area contributed by atoms with Crippen LogP contribution in [0.1, 0.15) is 23.4 Å². The highest BCUT2D eigenvalue weighted by atomic mass is 35.5. The Morgan fingerprint density at radius 2 is 2.08 bits per heavy atom. The summed E-state index contributed by atoms with van der Waals surface area (Å²) < 4.78 is 5.90. The van der Waals surface area contributed by atoms with Crippen molar-refractivity contribution in [2.45, 2.75) is 24.3 Å². The lowest BCUT2D eigenvalue weighted by atomic mass is 10.2. The van der Waals surface area contributed by atoms with Crippen molar-refractivity contribution >= 4 is 29.3 Å². The number of nitrogens with zero attached hydrogens (tertiary/aromatic N) is 1. The van der Waals surface area contributed by atoms with Crippen LogP contribution < -0.4 is 4.74 Å². The van der Waals surface area contributed by atoms with Crippen molar-refractivity contribution in [3.8, 4) is 5.75 Å². The first-order chi connectivity index (χ1) is 11.6. The van der Waals surface area contributed by atoms with Gasteiger partial charge in [0.1, 0.15) is 23.1 Å². The van der Waals surface area contributed by atoms with Gasteiger partial charge >= 0.3 is 0 Å². The molecule has 0 radical (unpaired) electrons. The molecule has 126 valence electrons. The van der Waals surface area contributed by atoms with Gasteiger partial charge < -0.3 is 9.64 Å². The number of carbonyl (C=O) groups excluding carboxylic acids is 1. The summed E-state index contributed by atoms with van der Waals surface area (Å²) in [6, 6.07) is 18.1. The Labute approximate surface area is 151 Å². The first kappa shape index (κ1) is 17.2. The molecule has 5 heteroatoms. The van der Waals surface area contributed by atoms with Crippen molar-refractivity contribution in [1.82, 2.24) is 4.90 Å². The summed E-state index contributed by atoms with van der Waals surface area (Å²) in [6.45, 7) is 2.99. The predicted molar refractivity (Wildman–Crippen MR) is 99.4 cm³/mol. The molecule has 0 N–H and O–H groups in total. The molecule has 1 heterocycles. The minimum absolute atomic E-state index is 0.0118. The van der Waals surface area contributed by atoms with Gasteiger partial charge in [0, 0.05) is 12.3 Å². The minimum Gasteiger partial charge on any atom is -0.489 e. The van der Waals surface area contributed by atoms with Crippen LogP contribution in [-0.4, -0.2) is 28.5 Å². The van der Waals surface area contributed by atoms with Crippen molar-refractivity contribution in [1.29, 1.82) is 0 Å². The summed E-state index contributed by atoms with van der Waals surface area (Å²) in [7, 11) is 0. The number of alkyl halides is 1. The van der Waals surface area contributed by atoms with Crippen molar-refractivity contribution < 1.29 is 9.53 Å². The summed E-state index contributed by atoms with van der Waals surface area (Å²) in [5.74, 6) is 1.73. The van der Waals surface area contributed by atoms with Gasteiger partial charge in [-0.3, -0.25) is 4.79 Å². The van der Waals surface area contributed by atoms with E-state index in [2.05, 4.69) is 0 Å². The third kappa shape index (κ3) is 4.05. The van der Waals surface area contributed by atoms with Crippen LogP contribution >= 0.6 is 23.4 Å². The van der Waals surface area contributed by atoms with Gasteiger partial charge in [-0.25, -0.2) is 0 Å². The number of amides is 1. The van der Waals surface area contributed by atoms with Crippen LogP contribution in [0.4, 0.5) is 0 Å². The molecule has 3 rings (SSSR count). The first-order valence-electron chi connectivity index (χ1n) is 7.98. The second-order valence-corrected chi connectivity index (χ2v) is 7.56. The maximum atomic E-state index is 12.3. The molecule has 1 aliphatic rings. The van der Waals surface area contributed by atoms with Crippen LogP contribution in [0.25, 0.3) is 0 Å². The van der Waals surface area contributed by atoms with Crippen molar-refractivity contribution in [2.24, 2.45) is 0 Å². The maximum Gasteiger partial charge on any atom is 0.241 e. The molecular weight excluding hydrogens is 342 g/mol. The third-order valence-corrected chi connectivity index (χ3v) is 5.35. The largest absolute Gasteiger partial charge is 0.489 e. The fourth-order valence-corrected chi connectivity index (χ4v) is 4.08. The van der Waals surface area contributed by atoms with E-state index in [9.17, 15) is 4.79 Å².